The monoisotopic (exact) mass is 358 g/mol. The van der Waals surface area contributed by atoms with Gasteiger partial charge < -0.3 is 15.4 Å². The molecular formula is C20H26N2O4. The molecule has 6 nitrogen and oxygen atoms in total. The molecule has 1 fully saturated rings. The number of carbonyl (C=O) groups excluding carboxylic acids is 3. The van der Waals surface area contributed by atoms with E-state index < -0.39 is 5.97 Å². The molecule has 2 amide bonds. The molecule has 0 heterocycles. The smallest absolute Gasteiger partial charge is 0.340 e. The van der Waals surface area contributed by atoms with Crippen molar-refractivity contribution in [3.63, 3.8) is 0 Å². The molecule has 2 N–H and O–H groups in total. The van der Waals surface area contributed by atoms with E-state index in [1.54, 1.807) is 37.3 Å². The van der Waals surface area contributed by atoms with Gasteiger partial charge in [0, 0.05) is 18.4 Å². The molecule has 1 aliphatic carbocycles. The van der Waals surface area contributed by atoms with Crippen molar-refractivity contribution < 1.29 is 19.1 Å². The molecule has 0 aliphatic heterocycles. The lowest BCUT2D eigenvalue weighted by molar-refractivity contribution is -0.128. The molecular weight excluding hydrogens is 332 g/mol. The molecule has 140 valence electrons. The highest BCUT2D eigenvalue weighted by Gasteiger charge is 2.30. The summed E-state index contributed by atoms with van der Waals surface area (Å²) in [7, 11) is 0. The van der Waals surface area contributed by atoms with Gasteiger partial charge in [0.15, 0.2) is 0 Å². The van der Waals surface area contributed by atoms with Gasteiger partial charge in [0.1, 0.15) is 0 Å². The summed E-state index contributed by atoms with van der Waals surface area (Å²) in [6.07, 6.45) is 4.32. The predicted octanol–water partition coefficient (Wildman–Crippen LogP) is 2.91. The van der Waals surface area contributed by atoms with Crippen molar-refractivity contribution in [2.75, 3.05) is 18.5 Å². The quantitative estimate of drug-likeness (QED) is 0.580. The van der Waals surface area contributed by atoms with E-state index >= 15 is 0 Å². The van der Waals surface area contributed by atoms with Crippen molar-refractivity contribution in [1.29, 1.82) is 0 Å². The van der Waals surface area contributed by atoms with Gasteiger partial charge in [-0.3, -0.25) is 9.59 Å². The Morgan fingerprint density at radius 2 is 1.73 bits per heavy atom. The molecule has 1 aliphatic rings. The van der Waals surface area contributed by atoms with Gasteiger partial charge in [0.2, 0.25) is 11.8 Å². The second-order valence-corrected chi connectivity index (χ2v) is 6.34. The average molecular weight is 358 g/mol. The van der Waals surface area contributed by atoms with Crippen molar-refractivity contribution in [1.82, 2.24) is 5.32 Å². The van der Waals surface area contributed by atoms with Crippen LogP contribution >= 0.6 is 0 Å². The van der Waals surface area contributed by atoms with Crippen LogP contribution in [0.3, 0.4) is 0 Å². The fraction of sp³-hybridized carbons (Fsp3) is 0.450. The summed E-state index contributed by atoms with van der Waals surface area (Å²) in [5.74, 6) is -0.756. The third kappa shape index (κ3) is 5.18. The van der Waals surface area contributed by atoms with E-state index in [1.807, 2.05) is 0 Å². The van der Waals surface area contributed by atoms with Crippen LogP contribution < -0.4 is 10.6 Å². The van der Waals surface area contributed by atoms with Gasteiger partial charge in [-0.1, -0.05) is 18.2 Å². The number of hydrogen-bond acceptors (Lipinski definition) is 4. The van der Waals surface area contributed by atoms with Crippen LogP contribution in [-0.2, 0) is 14.3 Å². The molecule has 1 saturated carbocycles. The number of hydrogen-bond donors (Lipinski definition) is 2. The minimum absolute atomic E-state index is 0.0245. The van der Waals surface area contributed by atoms with Gasteiger partial charge in [-0.25, -0.2) is 4.79 Å². The molecule has 0 saturated heterocycles. The van der Waals surface area contributed by atoms with E-state index in [0.29, 0.717) is 43.5 Å². The van der Waals surface area contributed by atoms with Crippen LogP contribution in [0.15, 0.2) is 36.9 Å². The average Bonchev–Trinajstić information content (AvgIpc) is 2.66. The van der Waals surface area contributed by atoms with E-state index in [9.17, 15) is 14.4 Å². The van der Waals surface area contributed by atoms with Crippen molar-refractivity contribution >= 4 is 23.5 Å². The maximum Gasteiger partial charge on any atom is 0.340 e. The highest BCUT2D eigenvalue weighted by atomic mass is 16.5. The first kappa shape index (κ1) is 19.7. The molecule has 1 aromatic carbocycles. The Kier molecular flexibility index (Phi) is 7.38. The molecule has 0 bridgehead atoms. The number of amides is 2. The zero-order valence-corrected chi connectivity index (χ0v) is 15.1. The topological polar surface area (TPSA) is 84.5 Å². The normalized spacial score (nSPS) is 19.3. The molecule has 0 atom stereocenters. The summed E-state index contributed by atoms with van der Waals surface area (Å²) in [5, 5.41) is 5.65. The van der Waals surface area contributed by atoms with Crippen molar-refractivity contribution in [3.8, 4) is 0 Å². The van der Waals surface area contributed by atoms with Crippen LogP contribution in [0.1, 0.15) is 43.0 Å². The second kappa shape index (κ2) is 9.75. The van der Waals surface area contributed by atoms with Crippen LogP contribution in [0.2, 0.25) is 0 Å². The summed E-state index contributed by atoms with van der Waals surface area (Å²) >= 11 is 0. The maximum absolute atomic E-state index is 12.6. The number of carbonyl (C=O) groups is 3. The van der Waals surface area contributed by atoms with E-state index in [4.69, 9.17) is 4.74 Å². The first-order valence-corrected chi connectivity index (χ1v) is 9.02. The lowest BCUT2D eigenvalue weighted by Gasteiger charge is -2.27. The molecule has 0 spiro atoms. The molecule has 6 heteroatoms. The van der Waals surface area contributed by atoms with Crippen LogP contribution in [0, 0.1) is 11.8 Å². The Balaban J connectivity index is 1.93. The number of benzene rings is 1. The number of para-hydroxylation sites is 1. The number of ether oxygens (including phenoxy) is 1. The van der Waals surface area contributed by atoms with Gasteiger partial charge in [-0.2, -0.15) is 0 Å². The Morgan fingerprint density at radius 1 is 1.12 bits per heavy atom. The van der Waals surface area contributed by atoms with E-state index in [0.717, 1.165) is 0 Å². The first-order valence-electron chi connectivity index (χ1n) is 9.02. The van der Waals surface area contributed by atoms with Crippen LogP contribution in [-0.4, -0.2) is 30.9 Å². The highest BCUT2D eigenvalue weighted by Crippen LogP contribution is 2.30. The molecule has 0 unspecified atom stereocenters. The Bertz CT molecular complexity index is 664. The number of anilines is 1. The Hall–Kier alpha value is -2.63. The van der Waals surface area contributed by atoms with Gasteiger partial charge >= 0.3 is 5.97 Å². The predicted molar refractivity (Wildman–Crippen MR) is 99.7 cm³/mol. The van der Waals surface area contributed by atoms with Gasteiger partial charge in [0.05, 0.1) is 17.9 Å². The summed E-state index contributed by atoms with van der Waals surface area (Å²) in [5.41, 5.74) is 0.807. The second-order valence-electron chi connectivity index (χ2n) is 6.34. The van der Waals surface area contributed by atoms with E-state index in [-0.39, 0.29) is 30.3 Å². The zero-order chi connectivity index (χ0) is 18.9. The van der Waals surface area contributed by atoms with E-state index in [1.165, 1.54) is 0 Å². The highest BCUT2D eigenvalue weighted by molar-refractivity contribution is 6.01. The number of rotatable bonds is 7. The number of nitrogens with one attached hydrogen (secondary N) is 2. The lowest BCUT2D eigenvalue weighted by Crippen LogP contribution is -2.35. The first-order chi connectivity index (χ1) is 12.6. The molecule has 26 heavy (non-hydrogen) atoms. The Labute approximate surface area is 154 Å². The summed E-state index contributed by atoms with van der Waals surface area (Å²) in [6, 6.07) is 6.82. The molecule has 2 rings (SSSR count). The fourth-order valence-corrected chi connectivity index (χ4v) is 3.15. The summed E-state index contributed by atoms with van der Waals surface area (Å²) < 4.78 is 5.03. The van der Waals surface area contributed by atoms with Gasteiger partial charge in [-0.15, -0.1) is 6.58 Å². The third-order valence-electron chi connectivity index (χ3n) is 4.57. The van der Waals surface area contributed by atoms with Crippen molar-refractivity contribution in [2.45, 2.75) is 32.6 Å². The maximum atomic E-state index is 12.6. The zero-order valence-electron chi connectivity index (χ0n) is 15.1. The standard InChI is InChI=1S/C20H26N2O4/c1-3-13-21-18(23)14-9-11-15(12-10-14)19(24)22-17-8-6-5-7-16(17)20(25)26-4-2/h3,5-8,14-15H,1,4,9-13H2,2H3,(H,21,23)(H,22,24). The lowest BCUT2D eigenvalue weighted by atomic mass is 9.81. The van der Waals surface area contributed by atoms with Crippen LogP contribution in [0.4, 0.5) is 5.69 Å². The van der Waals surface area contributed by atoms with Crippen LogP contribution in [0.5, 0.6) is 0 Å². The molecule has 0 radical (unpaired) electrons. The molecule has 0 aromatic heterocycles. The number of esters is 1. The van der Waals surface area contributed by atoms with Crippen molar-refractivity contribution in [3.05, 3.63) is 42.5 Å². The van der Waals surface area contributed by atoms with Crippen LogP contribution in [0.25, 0.3) is 0 Å². The minimum Gasteiger partial charge on any atom is -0.462 e. The summed E-state index contributed by atoms with van der Waals surface area (Å²) in [6.45, 7) is 6.06. The largest absolute Gasteiger partial charge is 0.462 e. The van der Waals surface area contributed by atoms with Gasteiger partial charge in [0.25, 0.3) is 0 Å². The Morgan fingerprint density at radius 3 is 2.35 bits per heavy atom. The minimum atomic E-state index is -0.453. The summed E-state index contributed by atoms with van der Waals surface area (Å²) in [4.78, 5) is 36.6. The third-order valence-corrected chi connectivity index (χ3v) is 4.57. The SMILES string of the molecule is C=CCNC(=O)C1CCC(C(=O)Nc2ccccc2C(=O)OCC)CC1. The van der Waals surface area contributed by atoms with Crippen molar-refractivity contribution in [2.24, 2.45) is 11.8 Å². The fourth-order valence-electron chi connectivity index (χ4n) is 3.15. The van der Waals surface area contributed by atoms with E-state index in [2.05, 4.69) is 17.2 Å². The molecule has 1 aromatic rings. The van der Waals surface area contributed by atoms with Gasteiger partial charge in [-0.05, 0) is 44.7 Å².